The standard InChI is InChI=1S/C26H32N8O2S/c1-33(2)16-6-8-34(9-7-16)26-21(36-26)14-4-5-17-19(11-14)37-25-20(17)23(27-13-28-25)30-18-10-15-12-29-32-22(15)31-24(18)35-3/h10,12-14,16,21,26H,4-9,11H2,1-3H3,(H,27,28,30)(H,29,31,32)/t14-,21?,26?/m0/s1. The number of hydrogen-bond donors (Lipinski definition) is 2. The van der Waals surface area contributed by atoms with Crippen molar-refractivity contribution in [3.05, 3.63) is 29.0 Å². The smallest absolute Gasteiger partial charge is 0.239 e. The molecule has 6 heterocycles. The van der Waals surface area contributed by atoms with Gasteiger partial charge in [-0.05, 0) is 63.7 Å². The molecule has 1 aliphatic carbocycles. The summed E-state index contributed by atoms with van der Waals surface area (Å²) in [7, 11) is 6.01. The van der Waals surface area contributed by atoms with Gasteiger partial charge < -0.3 is 19.7 Å². The van der Waals surface area contributed by atoms with E-state index in [2.05, 4.69) is 54.4 Å². The highest BCUT2D eigenvalue weighted by atomic mass is 32.1. The molecule has 4 aromatic rings. The molecule has 4 aromatic heterocycles. The van der Waals surface area contributed by atoms with Crippen LogP contribution in [0.2, 0.25) is 0 Å². The number of anilines is 2. The lowest BCUT2D eigenvalue weighted by Crippen LogP contribution is -2.44. The first-order chi connectivity index (χ1) is 18.1. The number of epoxide rings is 1. The van der Waals surface area contributed by atoms with Crippen molar-refractivity contribution in [3.63, 3.8) is 0 Å². The van der Waals surface area contributed by atoms with Gasteiger partial charge in [-0.25, -0.2) is 9.97 Å². The summed E-state index contributed by atoms with van der Waals surface area (Å²) in [5.74, 6) is 1.86. The van der Waals surface area contributed by atoms with Crippen LogP contribution in [0, 0.1) is 5.92 Å². The molecule has 0 spiro atoms. The molecule has 11 heteroatoms. The second-order valence-corrected chi connectivity index (χ2v) is 11.7. The number of aryl methyl sites for hydroxylation is 1. The highest BCUT2D eigenvalue weighted by Gasteiger charge is 2.49. The van der Waals surface area contributed by atoms with Crippen LogP contribution in [-0.2, 0) is 17.6 Å². The molecule has 0 bridgehead atoms. The molecule has 2 aliphatic heterocycles. The Morgan fingerprint density at radius 2 is 2.08 bits per heavy atom. The molecular weight excluding hydrogens is 488 g/mol. The van der Waals surface area contributed by atoms with Crippen LogP contribution in [0.5, 0.6) is 5.88 Å². The molecular formula is C26H32N8O2S. The minimum absolute atomic E-state index is 0.305. The topological polar surface area (TPSA) is 108 Å². The number of thiophene rings is 1. The Bertz CT molecular complexity index is 1440. The number of piperidine rings is 1. The molecule has 3 aliphatic rings. The largest absolute Gasteiger partial charge is 0.479 e. The van der Waals surface area contributed by atoms with E-state index in [1.54, 1.807) is 31.0 Å². The Kier molecular flexibility index (Phi) is 5.76. The fourth-order valence-corrected chi connectivity index (χ4v) is 7.44. The van der Waals surface area contributed by atoms with Crippen LogP contribution in [-0.4, -0.2) is 87.6 Å². The van der Waals surface area contributed by atoms with Crippen LogP contribution in [0.15, 0.2) is 18.6 Å². The summed E-state index contributed by atoms with van der Waals surface area (Å²) in [5, 5.41) is 12.5. The van der Waals surface area contributed by atoms with Crippen LogP contribution < -0.4 is 10.1 Å². The van der Waals surface area contributed by atoms with E-state index in [1.807, 2.05) is 6.07 Å². The molecule has 2 fully saturated rings. The van der Waals surface area contributed by atoms with Gasteiger partial charge >= 0.3 is 0 Å². The lowest BCUT2D eigenvalue weighted by molar-refractivity contribution is 0.103. The fraction of sp³-hybridized carbons (Fsp3) is 0.538. The number of pyridine rings is 1. The summed E-state index contributed by atoms with van der Waals surface area (Å²) in [6, 6.07) is 2.69. The van der Waals surface area contributed by atoms with Crippen molar-refractivity contribution in [1.82, 2.24) is 34.9 Å². The number of likely N-dealkylation sites (tertiary alicyclic amines) is 1. The van der Waals surface area contributed by atoms with Gasteiger partial charge in [-0.2, -0.15) is 10.1 Å². The third kappa shape index (κ3) is 4.14. The first-order valence-electron chi connectivity index (χ1n) is 13.1. The number of fused-ring (bicyclic) bond motifs is 4. The van der Waals surface area contributed by atoms with Gasteiger partial charge in [-0.3, -0.25) is 10.00 Å². The van der Waals surface area contributed by atoms with Gasteiger partial charge in [0.05, 0.1) is 18.7 Å². The van der Waals surface area contributed by atoms with Gasteiger partial charge in [0.15, 0.2) is 5.65 Å². The normalized spacial score (nSPS) is 24.6. The van der Waals surface area contributed by atoms with Crippen LogP contribution >= 0.6 is 11.3 Å². The van der Waals surface area contributed by atoms with Crippen molar-refractivity contribution in [2.45, 2.75) is 50.5 Å². The summed E-state index contributed by atoms with van der Waals surface area (Å²) in [6.45, 7) is 2.27. The maximum absolute atomic E-state index is 6.29. The number of aromatic amines is 1. The van der Waals surface area contributed by atoms with E-state index < -0.39 is 0 Å². The molecule has 7 rings (SSSR count). The number of rotatable bonds is 6. The number of nitrogens with zero attached hydrogens (tertiary/aromatic N) is 6. The lowest BCUT2D eigenvalue weighted by Gasteiger charge is -2.34. The molecule has 0 radical (unpaired) electrons. The molecule has 0 saturated carbocycles. The Hall–Kier alpha value is -2.86. The number of ether oxygens (including phenoxy) is 2. The van der Waals surface area contributed by atoms with Gasteiger partial charge in [0, 0.05) is 29.4 Å². The number of aromatic nitrogens is 5. The molecule has 3 atom stereocenters. The van der Waals surface area contributed by atoms with E-state index in [-0.39, 0.29) is 0 Å². The molecule has 0 amide bonds. The molecule has 2 N–H and O–H groups in total. The molecule has 10 nitrogen and oxygen atoms in total. The van der Waals surface area contributed by atoms with E-state index in [9.17, 15) is 0 Å². The summed E-state index contributed by atoms with van der Waals surface area (Å²) in [5.41, 5.74) is 2.83. The fourth-order valence-electron chi connectivity index (χ4n) is 6.16. The van der Waals surface area contributed by atoms with Crippen LogP contribution in [0.3, 0.4) is 0 Å². The lowest BCUT2D eigenvalue weighted by atomic mass is 9.85. The third-order valence-electron chi connectivity index (χ3n) is 8.28. The van der Waals surface area contributed by atoms with Crippen molar-refractivity contribution in [3.8, 4) is 5.88 Å². The average molecular weight is 521 g/mol. The highest BCUT2D eigenvalue weighted by Crippen LogP contribution is 2.45. The Morgan fingerprint density at radius 1 is 1.22 bits per heavy atom. The Labute approximate surface area is 219 Å². The second kappa shape index (κ2) is 9.16. The number of nitrogens with one attached hydrogen (secondary N) is 2. The van der Waals surface area contributed by atoms with Gasteiger partial charge in [0.1, 0.15) is 35.0 Å². The van der Waals surface area contributed by atoms with E-state index in [0.717, 1.165) is 59.5 Å². The van der Waals surface area contributed by atoms with Crippen LogP contribution in [0.1, 0.15) is 29.7 Å². The Balaban J connectivity index is 1.10. The third-order valence-corrected chi connectivity index (χ3v) is 9.44. The maximum atomic E-state index is 6.29. The van der Waals surface area contributed by atoms with Crippen LogP contribution in [0.4, 0.5) is 11.5 Å². The molecule has 0 aromatic carbocycles. The van der Waals surface area contributed by atoms with Crippen molar-refractivity contribution in [1.29, 1.82) is 0 Å². The summed E-state index contributed by atoms with van der Waals surface area (Å²) in [4.78, 5) is 21.2. The van der Waals surface area contributed by atoms with Crippen molar-refractivity contribution >= 4 is 44.1 Å². The van der Waals surface area contributed by atoms with Gasteiger partial charge in [-0.15, -0.1) is 11.3 Å². The number of hydrogen-bond acceptors (Lipinski definition) is 10. The zero-order chi connectivity index (χ0) is 25.1. The monoisotopic (exact) mass is 520 g/mol. The highest BCUT2D eigenvalue weighted by molar-refractivity contribution is 7.19. The minimum Gasteiger partial charge on any atom is -0.479 e. The van der Waals surface area contributed by atoms with E-state index in [1.165, 1.54) is 23.3 Å². The summed E-state index contributed by atoms with van der Waals surface area (Å²) in [6.07, 6.45) is 9.72. The van der Waals surface area contributed by atoms with E-state index in [4.69, 9.17) is 9.47 Å². The predicted octanol–water partition coefficient (Wildman–Crippen LogP) is 3.57. The van der Waals surface area contributed by atoms with Gasteiger partial charge in [-0.1, -0.05) is 0 Å². The maximum Gasteiger partial charge on any atom is 0.239 e. The van der Waals surface area contributed by atoms with Crippen molar-refractivity contribution < 1.29 is 9.47 Å². The second-order valence-electron chi connectivity index (χ2n) is 10.6. The minimum atomic E-state index is 0.305. The van der Waals surface area contributed by atoms with Gasteiger partial charge in [0.25, 0.3) is 0 Å². The number of methoxy groups -OCH3 is 1. The number of H-pyrrole nitrogens is 1. The average Bonchev–Trinajstić information content (AvgIpc) is 3.43. The predicted molar refractivity (Wildman–Crippen MR) is 144 cm³/mol. The zero-order valence-corrected chi connectivity index (χ0v) is 22.2. The first kappa shape index (κ1) is 23.3. The Morgan fingerprint density at radius 3 is 2.89 bits per heavy atom. The van der Waals surface area contributed by atoms with Crippen LogP contribution in [0.25, 0.3) is 21.3 Å². The van der Waals surface area contributed by atoms with E-state index >= 15 is 0 Å². The molecule has 2 unspecified atom stereocenters. The molecule has 194 valence electrons. The van der Waals surface area contributed by atoms with E-state index in [0.29, 0.717) is 35.8 Å². The SMILES string of the molecule is COc1nc2[nH]ncc2cc1Nc1ncnc2sc3c(c12)CC[C@H](C1OC1N1CCC(N(C)C)CC1)C3. The molecule has 37 heavy (non-hydrogen) atoms. The zero-order valence-electron chi connectivity index (χ0n) is 21.4. The van der Waals surface area contributed by atoms with Gasteiger partial charge in [0.2, 0.25) is 5.88 Å². The summed E-state index contributed by atoms with van der Waals surface area (Å²) < 4.78 is 11.8. The van der Waals surface area contributed by atoms with Crippen molar-refractivity contribution in [2.24, 2.45) is 5.92 Å². The summed E-state index contributed by atoms with van der Waals surface area (Å²) >= 11 is 1.80. The molecule has 2 saturated heterocycles. The quantitative estimate of drug-likeness (QED) is 0.369. The first-order valence-corrected chi connectivity index (χ1v) is 13.9. The van der Waals surface area contributed by atoms with Crippen molar-refractivity contribution in [2.75, 3.05) is 39.6 Å².